The lowest BCUT2D eigenvalue weighted by Crippen LogP contribution is -2.44. The SMILES string of the molecule is CC(O)C(NCC(c1ccc(O)cc1)c1ccc(O)cc1)Oc1ccccc1. The number of aliphatic hydroxyl groups is 1. The Morgan fingerprint density at radius 2 is 1.29 bits per heavy atom. The highest BCUT2D eigenvalue weighted by Crippen LogP contribution is 2.27. The van der Waals surface area contributed by atoms with Gasteiger partial charge >= 0.3 is 0 Å². The smallest absolute Gasteiger partial charge is 0.176 e. The van der Waals surface area contributed by atoms with E-state index in [4.69, 9.17) is 4.74 Å². The number of ether oxygens (including phenoxy) is 1. The summed E-state index contributed by atoms with van der Waals surface area (Å²) in [6.45, 7) is 2.18. The quantitative estimate of drug-likeness (QED) is 0.450. The van der Waals surface area contributed by atoms with Crippen LogP contribution in [-0.4, -0.2) is 34.2 Å². The lowest BCUT2D eigenvalue weighted by atomic mass is 9.91. The Morgan fingerprint density at radius 3 is 1.75 bits per heavy atom. The Labute approximate surface area is 164 Å². The minimum Gasteiger partial charge on any atom is -0.508 e. The average molecular weight is 379 g/mol. The largest absolute Gasteiger partial charge is 0.508 e. The predicted octanol–water partition coefficient (Wildman–Crippen LogP) is 3.61. The van der Waals surface area contributed by atoms with Crippen LogP contribution in [-0.2, 0) is 0 Å². The number of hydrogen-bond donors (Lipinski definition) is 4. The molecular weight excluding hydrogens is 354 g/mol. The van der Waals surface area contributed by atoms with Crippen LogP contribution in [0.5, 0.6) is 17.2 Å². The van der Waals surface area contributed by atoms with E-state index in [1.165, 1.54) is 0 Å². The summed E-state index contributed by atoms with van der Waals surface area (Å²) in [6.07, 6.45) is -1.31. The van der Waals surface area contributed by atoms with Crippen molar-refractivity contribution in [2.45, 2.75) is 25.2 Å². The van der Waals surface area contributed by atoms with Gasteiger partial charge in [-0.25, -0.2) is 0 Å². The van der Waals surface area contributed by atoms with Crippen molar-refractivity contribution in [1.82, 2.24) is 5.32 Å². The predicted molar refractivity (Wildman–Crippen MR) is 109 cm³/mol. The standard InChI is InChI=1S/C23H25NO4/c1-16(25)23(28-21-5-3-2-4-6-21)24-15-22(17-7-11-19(26)12-8-17)18-9-13-20(27)14-10-18/h2-14,16,22-27H,15H2,1H3. The molecule has 3 aromatic rings. The van der Waals surface area contributed by atoms with Gasteiger partial charge in [0.05, 0.1) is 0 Å². The summed E-state index contributed by atoms with van der Waals surface area (Å²) in [5, 5.41) is 32.6. The van der Waals surface area contributed by atoms with Gasteiger partial charge in [0.15, 0.2) is 6.23 Å². The summed E-state index contributed by atoms with van der Waals surface area (Å²) >= 11 is 0. The second kappa shape index (κ2) is 9.26. The van der Waals surface area contributed by atoms with Gasteiger partial charge in [-0.15, -0.1) is 0 Å². The van der Waals surface area contributed by atoms with Crippen molar-refractivity contribution in [1.29, 1.82) is 0 Å². The Kier molecular flexibility index (Phi) is 6.53. The van der Waals surface area contributed by atoms with Crippen LogP contribution >= 0.6 is 0 Å². The number of benzene rings is 3. The number of aliphatic hydroxyl groups excluding tert-OH is 1. The molecule has 2 atom stereocenters. The monoisotopic (exact) mass is 379 g/mol. The maximum atomic E-state index is 10.1. The molecule has 3 rings (SSSR count). The number of para-hydroxylation sites is 1. The fourth-order valence-electron chi connectivity index (χ4n) is 3.03. The van der Waals surface area contributed by atoms with Crippen molar-refractivity contribution in [2.24, 2.45) is 0 Å². The normalized spacial score (nSPS) is 13.2. The molecule has 4 N–H and O–H groups in total. The van der Waals surface area contributed by atoms with Gasteiger partial charge in [-0.2, -0.15) is 0 Å². The molecular formula is C23H25NO4. The van der Waals surface area contributed by atoms with Gasteiger partial charge in [-0.1, -0.05) is 42.5 Å². The molecule has 0 amide bonds. The van der Waals surface area contributed by atoms with Crippen LogP contribution < -0.4 is 10.1 Å². The molecule has 28 heavy (non-hydrogen) atoms. The van der Waals surface area contributed by atoms with Gasteiger partial charge in [0.25, 0.3) is 0 Å². The third kappa shape index (κ3) is 5.25. The fraction of sp³-hybridized carbons (Fsp3) is 0.217. The van der Waals surface area contributed by atoms with Crippen LogP contribution in [0.25, 0.3) is 0 Å². The molecule has 0 bridgehead atoms. The van der Waals surface area contributed by atoms with Gasteiger partial charge in [0.1, 0.15) is 23.4 Å². The average Bonchev–Trinajstić information content (AvgIpc) is 2.70. The molecule has 0 heterocycles. The van der Waals surface area contributed by atoms with E-state index >= 15 is 0 Å². The molecule has 0 aliphatic carbocycles. The van der Waals surface area contributed by atoms with E-state index in [1.54, 1.807) is 31.2 Å². The first-order valence-corrected chi connectivity index (χ1v) is 9.24. The Bertz CT molecular complexity index is 803. The number of nitrogens with one attached hydrogen (secondary N) is 1. The zero-order chi connectivity index (χ0) is 19.9. The summed E-state index contributed by atoms with van der Waals surface area (Å²) in [5.74, 6) is 1.03. The van der Waals surface area contributed by atoms with Gasteiger partial charge < -0.3 is 20.1 Å². The molecule has 5 heteroatoms. The molecule has 0 aliphatic heterocycles. The molecule has 0 spiro atoms. The van der Waals surface area contributed by atoms with Crippen molar-refractivity contribution in [2.75, 3.05) is 6.54 Å². The van der Waals surface area contributed by atoms with Crippen LogP contribution in [0.2, 0.25) is 0 Å². The van der Waals surface area contributed by atoms with Crippen molar-refractivity contribution < 1.29 is 20.1 Å². The lowest BCUT2D eigenvalue weighted by molar-refractivity contribution is 0.0267. The highest BCUT2D eigenvalue weighted by atomic mass is 16.5. The van der Waals surface area contributed by atoms with Crippen molar-refractivity contribution in [3.05, 3.63) is 90.0 Å². The molecule has 0 fully saturated rings. The summed E-state index contributed by atoms with van der Waals surface area (Å²) < 4.78 is 5.90. The molecule has 0 saturated heterocycles. The minimum absolute atomic E-state index is 0.0539. The third-order valence-corrected chi connectivity index (χ3v) is 4.56. The fourth-order valence-corrected chi connectivity index (χ4v) is 3.03. The van der Waals surface area contributed by atoms with Crippen molar-refractivity contribution >= 4 is 0 Å². The second-order valence-electron chi connectivity index (χ2n) is 6.74. The van der Waals surface area contributed by atoms with E-state index < -0.39 is 12.3 Å². The summed E-state index contributed by atoms with van der Waals surface area (Å²) in [7, 11) is 0. The van der Waals surface area contributed by atoms with Crippen LogP contribution in [0, 0.1) is 0 Å². The number of rotatable bonds is 8. The third-order valence-electron chi connectivity index (χ3n) is 4.56. The lowest BCUT2D eigenvalue weighted by Gasteiger charge is -2.26. The molecule has 146 valence electrons. The van der Waals surface area contributed by atoms with Gasteiger partial charge in [-0.05, 0) is 54.4 Å². The van der Waals surface area contributed by atoms with Gasteiger partial charge in [-0.3, -0.25) is 5.32 Å². The number of phenolic OH excluding ortho intramolecular Hbond substituents is 2. The Morgan fingerprint density at radius 1 is 0.786 bits per heavy atom. The van der Waals surface area contributed by atoms with Crippen LogP contribution in [0.15, 0.2) is 78.9 Å². The van der Waals surface area contributed by atoms with E-state index in [0.29, 0.717) is 12.3 Å². The molecule has 0 saturated carbocycles. The first kappa shape index (κ1) is 19.7. The summed E-state index contributed by atoms with van der Waals surface area (Å²) in [5.41, 5.74) is 2.00. The van der Waals surface area contributed by atoms with Crippen LogP contribution in [0.3, 0.4) is 0 Å². The van der Waals surface area contributed by atoms with E-state index in [0.717, 1.165) is 11.1 Å². The first-order chi connectivity index (χ1) is 13.5. The topological polar surface area (TPSA) is 82.0 Å². The van der Waals surface area contributed by atoms with E-state index in [9.17, 15) is 15.3 Å². The zero-order valence-corrected chi connectivity index (χ0v) is 15.7. The minimum atomic E-state index is -0.722. The summed E-state index contributed by atoms with van der Waals surface area (Å²) in [4.78, 5) is 0. The molecule has 0 aromatic heterocycles. The van der Waals surface area contributed by atoms with Crippen LogP contribution in [0.4, 0.5) is 0 Å². The van der Waals surface area contributed by atoms with Crippen molar-refractivity contribution in [3.8, 4) is 17.2 Å². The number of phenols is 2. The second-order valence-corrected chi connectivity index (χ2v) is 6.74. The maximum Gasteiger partial charge on any atom is 0.176 e. The first-order valence-electron chi connectivity index (χ1n) is 9.24. The van der Waals surface area contributed by atoms with E-state index in [1.807, 2.05) is 54.6 Å². The van der Waals surface area contributed by atoms with E-state index in [-0.39, 0.29) is 17.4 Å². The van der Waals surface area contributed by atoms with Crippen LogP contribution in [0.1, 0.15) is 24.0 Å². The molecule has 2 unspecified atom stereocenters. The molecule has 5 nitrogen and oxygen atoms in total. The van der Waals surface area contributed by atoms with E-state index in [2.05, 4.69) is 5.32 Å². The zero-order valence-electron chi connectivity index (χ0n) is 15.7. The molecule has 0 radical (unpaired) electrons. The highest BCUT2D eigenvalue weighted by Gasteiger charge is 2.21. The molecule has 3 aromatic carbocycles. The Balaban J connectivity index is 1.79. The van der Waals surface area contributed by atoms with Gasteiger partial charge in [0.2, 0.25) is 0 Å². The van der Waals surface area contributed by atoms with Crippen molar-refractivity contribution in [3.63, 3.8) is 0 Å². The molecule has 0 aliphatic rings. The number of hydrogen-bond acceptors (Lipinski definition) is 5. The number of aromatic hydroxyl groups is 2. The van der Waals surface area contributed by atoms with Gasteiger partial charge in [0, 0.05) is 12.5 Å². The highest BCUT2D eigenvalue weighted by molar-refractivity contribution is 5.38. The summed E-state index contributed by atoms with van der Waals surface area (Å²) in [6, 6.07) is 23.4. The maximum absolute atomic E-state index is 10.1. The Hall–Kier alpha value is -3.02.